The number of urea groups is 1. The lowest BCUT2D eigenvalue weighted by Crippen LogP contribution is -2.46. The first-order valence-corrected chi connectivity index (χ1v) is 13.0. The van der Waals surface area contributed by atoms with Crippen molar-refractivity contribution in [3.63, 3.8) is 0 Å². The van der Waals surface area contributed by atoms with Crippen molar-refractivity contribution in [2.45, 2.75) is 32.2 Å². The van der Waals surface area contributed by atoms with Gasteiger partial charge >= 0.3 is 24.5 Å². The molecule has 2 aromatic rings. The fourth-order valence-corrected chi connectivity index (χ4v) is 4.18. The van der Waals surface area contributed by atoms with Gasteiger partial charge in [-0.15, -0.1) is 0 Å². The first-order valence-electron chi connectivity index (χ1n) is 13.0. The van der Waals surface area contributed by atoms with Crippen LogP contribution in [0, 0.1) is 13.8 Å². The molecule has 0 bridgehead atoms. The molecule has 0 aliphatic carbocycles. The number of carbonyl (C=O) groups excluding carboxylic acids is 7. The van der Waals surface area contributed by atoms with Crippen molar-refractivity contribution in [3.05, 3.63) is 47.5 Å². The molecule has 2 aromatic carbocycles. The van der Waals surface area contributed by atoms with E-state index in [0.29, 0.717) is 16.0 Å². The van der Waals surface area contributed by atoms with Gasteiger partial charge in [-0.05, 0) is 49.2 Å². The molecule has 17 heteroatoms. The highest BCUT2D eigenvalue weighted by Crippen LogP contribution is 2.28. The Morgan fingerprint density at radius 3 is 1.64 bits per heavy atom. The molecule has 3 heterocycles. The Kier molecular flexibility index (Phi) is 8.19. The van der Waals surface area contributed by atoms with Crippen LogP contribution in [-0.4, -0.2) is 80.4 Å². The number of carbonyl (C=O) groups is 7. The average Bonchev–Trinajstić information content (AvgIpc) is 3.73. The Morgan fingerprint density at radius 2 is 1.14 bits per heavy atom. The fraction of sp³-hybridized carbons (Fsp3) is 0.296. The topological polar surface area (TPSA) is 214 Å². The predicted molar refractivity (Wildman–Crippen MR) is 145 cm³/mol. The third-order valence-corrected chi connectivity index (χ3v) is 6.54. The van der Waals surface area contributed by atoms with Crippen LogP contribution in [0.5, 0.6) is 0 Å². The zero-order valence-corrected chi connectivity index (χ0v) is 23.1. The number of hydrogen-bond acceptors (Lipinski definition) is 13. The van der Waals surface area contributed by atoms with Crippen LogP contribution in [0.15, 0.2) is 36.4 Å². The quantitative estimate of drug-likeness (QED) is 0.303. The number of ether oxygens (including phenoxy) is 6. The monoisotopic (exact) mass is 612 g/mol. The van der Waals surface area contributed by atoms with Crippen LogP contribution in [0.25, 0.3) is 0 Å². The van der Waals surface area contributed by atoms with E-state index >= 15 is 0 Å². The van der Waals surface area contributed by atoms with Crippen LogP contribution in [0.1, 0.15) is 11.1 Å². The number of anilines is 4. The molecule has 0 aromatic heterocycles. The normalized spacial score (nSPS) is 20.2. The second kappa shape index (κ2) is 12.2. The molecule has 3 aliphatic rings. The molecule has 44 heavy (non-hydrogen) atoms. The molecule has 3 N–H and O–H groups in total. The van der Waals surface area contributed by atoms with Crippen molar-refractivity contribution < 1.29 is 62.0 Å². The number of nitrogens with one attached hydrogen (secondary N) is 3. The van der Waals surface area contributed by atoms with E-state index in [9.17, 15) is 33.6 Å². The van der Waals surface area contributed by atoms with Crippen molar-refractivity contribution in [1.29, 1.82) is 0 Å². The van der Waals surface area contributed by atoms with E-state index in [1.54, 1.807) is 19.9 Å². The predicted octanol–water partition coefficient (Wildman–Crippen LogP) is 2.35. The van der Waals surface area contributed by atoms with Gasteiger partial charge in [0.15, 0.2) is 0 Å². The van der Waals surface area contributed by atoms with E-state index in [1.807, 2.05) is 0 Å². The fourth-order valence-electron chi connectivity index (χ4n) is 4.18. The number of rotatable bonds is 7. The van der Waals surface area contributed by atoms with Gasteiger partial charge in [0.05, 0.1) is 5.69 Å². The van der Waals surface area contributed by atoms with E-state index in [0.717, 1.165) is 0 Å². The molecule has 5 rings (SSSR count). The zero-order chi connectivity index (χ0) is 31.5. The molecular formula is C27H24N4O13. The summed E-state index contributed by atoms with van der Waals surface area (Å²) in [5, 5.41) is 7.73. The molecule has 0 saturated carbocycles. The number of nitrogens with zero attached hydrogens (tertiary/aromatic N) is 1. The van der Waals surface area contributed by atoms with Gasteiger partial charge in [-0.3, -0.25) is 14.4 Å². The summed E-state index contributed by atoms with van der Waals surface area (Å²) in [7, 11) is 0. The first-order chi connectivity index (χ1) is 21.0. The minimum Gasteiger partial charge on any atom is -0.430 e. The number of imide groups is 1. The number of hydrogen-bond donors (Lipinski definition) is 3. The van der Waals surface area contributed by atoms with Crippen molar-refractivity contribution in [2.75, 3.05) is 40.7 Å². The van der Waals surface area contributed by atoms with Crippen LogP contribution in [0.3, 0.4) is 0 Å². The molecule has 3 atom stereocenters. The lowest BCUT2D eigenvalue weighted by molar-refractivity contribution is -0.124. The van der Waals surface area contributed by atoms with Crippen molar-refractivity contribution in [1.82, 2.24) is 0 Å². The van der Waals surface area contributed by atoms with Crippen LogP contribution >= 0.6 is 0 Å². The Bertz CT molecular complexity index is 1570. The molecule has 3 aliphatic heterocycles. The van der Waals surface area contributed by atoms with E-state index in [2.05, 4.69) is 25.4 Å². The highest BCUT2D eigenvalue weighted by molar-refractivity contribution is 6.20. The van der Waals surface area contributed by atoms with E-state index in [1.165, 1.54) is 30.3 Å². The third-order valence-electron chi connectivity index (χ3n) is 6.54. The maximum atomic E-state index is 13.6. The van der Waals surface area contributed by atoms with E-state index < -0.39 is 67.1 Å². The molecule has 0 radical (unpaired) electrons. The Morgan fingerprint density at radius 1 is 0.659 bits per heavy atom. The maximum Gasteiger partial charge on any atom is 0.509 e. The van der Waals surface area contributed by atoms with Crippen molar-refractivity contribution >= 4 is 65.0 Å². The Labute approximate surface area is 247 Å². The van der Waals surface area contributed by atoms with Gasteiger partial charge in [-0.25, -0.2) is 24.1 Å². The summed E-state index contributed by atoms with van der Waals surface area (Å²) in [6.07, 6.45) is -6.87. The second-order valence-electron chi connectivity index (χ2n) is 9.61. The molecule has 17 nitrogen and oxygen atoms in total. The zero-order valence-electron chi connectivity index (χ0n) is 23.1. The standard InChI is InChI=1S/C27H24N4O13/c1-12-3-5-14(7-16(12)29-21(32)18-9-39-25(36)42-18)28-24(35)31(23(34)20-11-41-27(38)44-20)15-6-4-13(2)17(8-15)30-22(33)19-10-40-26(37)43-19/h3-8,18-20H,9-11H2,1-2H3,(H,28,35)(H,29,32)(H,30,33). The number of amides is 5. The molecule has 230 valence electrons. The van der Waals surface area contributed by atoms with Gasteiger partial charge in [-0.1, -0.05) is 12.1 Å². The molecule has 3 saturated heterocycles. The summed E-state index contributed by atoms with van der Waals surface area (Å²) in [6, 6.07) is 7.78. The Hall–Kier alpha value is -5.87. The van der Waals surface area contributed by atoms with Gasteiger partial charge < -0.3 is 44.4 Å². The van der Waals surface area contributed by atoms with E-state index in [-0.39, 0.29) is 36.0 Å². The molecule has 3 fully saturated rings. The minimum atomic E-state index is -1.45. The number of benzene rings is 2. The summed E-state index contributed by atoms with van der Waals surface area (Å²) in [5.41, 5.74) is 1.70. The van der Waals surface area contributed by atoms with Crippen LogP contribution < -0.4 is 20.9 Å². The Balaban J connectivity index is 1.39. The smallest absolute Gasteiger partial charge is 0.430 e. The minimum absolute atomic E-state index is 0.0281. The summed E-state index contributed by atoms with van der Waals surface area (Å²) in [4.78, 5) is 86.8. The summed E-state index contributed by atoms with van der Waals surface area (Å²) < 4.78 is 28.5. The molecular weight excluding hydrogens is 588 g/mol. The van der Waals surface area contributed by atoms with Gasteiger partial charge in [-0.2, -0.15) is 0 Å². The third kappa shape index (κ3) is 6.45. The van der Waals surface area contributed by atoms with Gasteiger partial charge in [0.2, 0.25) is 18.3 Å². The van der Waals surface area contributed by atoms with Gasteiger partial charge in [0, 0.05) is 17.1 Å². The largest absolute Gasteiger partial charge is 0.509 e. The molecule has 3 unspecified atom stereocenters. The summed E-state index contributed by atoms with van der Waals surface area (Å²) in [6.45, 7) is 2.34. The van der Waals surface area contributed by atoms with Crippen molar-refractivity contribution in [2.24, 2.45) is 0 Å². The number of aryl methyl sites for hydroxylation is 2. The highest BCUT2D eigenvalue weighted by atomic mass is 16.8. The van der Waals surface area contributed by atoms with Crippen LogP contribution in [-0.2, 0) is 42.8 Å². The average molecular weight is 613 g/mol. The number of cyclic esters (lactones) is 6. The van der Waals surface area contributed by atoms with Gasteiger partial charge in [0.25, 0.3) is 17.7 Å². The summed E-state index contributed by atoms with van der Waals surface area (Å²) in [5.74, 6) is -2.32. The molecule has 0 spiro atoms. The van der Waals surface area contributed by atoms with Crippen molar-refractivity contribution in [3.8, 4) is 0 Å². The van der Waals surface area contributed by atoms with Crippen LogP contribution in [0.4, 0.5) is 41.9 Å². The second-order valence-corrected chi connectivity index (χ2v) is 9.61. The first kappa shape index (κ1) is 29.6. The SMILES string of the molecule is Cc1ccc(NC(=O)N(C(=O)C2COC(=O)O2)c2ccc(C)c(NC(=O)C3COC(=O)O3)c2)cc1NC(=O)C1COC(=O)O1. The lowest BCUT2D eigenvalue weighted by atomic mass is 10.1. The lowest BCUT2D eigenvalue weighted by Gasteiger charge is -2.24. The highest BCUT2D eigenvalue weighted by Gasteiger charge is 2.39. The van der Waals surface area contributed by atoms with Crippen LogP contribution in [0.2, 0.25) is 0 Å². The molecule has 5 amide bonds. The van der Waals surface area contributed by atoms with E-state index in [4.69, 9.17) is 18.9 Å². The summed E-state index contributed by atoms with van der Waals surface area (Å²) >= 11 is 0. The maximum absolute atomic E-state index is 13.6. The van der Waals surface area contributed by atoms with Gasteiger partial charge in [0.1, 0.15) is 19.8 Å².